The van der Waals surface area contributed by atoms with Gasteiger partial charge in [0.2, 0.25) is 11.8 Å². The molecule has 0 bridgehead atoms. The van der Waals surface area contributed by atoms with Crippen LogP contribution in [0.15, 0.2) is 24.3 Å². The quantitative estimate of drug-likeness (QED) is 0.597. The number of hydrogen-bond donors (Lipinski definition) is 2. The van der Waals surface area contributed by atoms with E-state index in [4.69, 9.17) is 4.74 Å². The number of likely N-dealkylation sites (N-methyl/N-ethyl adjacent to an activating group) is 1. The third-order valence-electron chi connectivity index (χ3n) is 4.65. The summed E-state index contributed by atoms with van der Waals surface area (Å²) in [5.74, 6) is -0.612. The van der Waals surface area contributed by atoms with E-state index in [9.17, 15) is 14.4 Å². The Kier molecular flexibility index (Phi) is 9.82. The maximum atomic E-state index is 13.0. The van der Waals surface area contributed by atoms with E-state index >= 15 is 0 Å². The van der Waals surface area contributed by atoms with Crippen molar-refractivity contribution >= 4 is 17.9 Å². The molecule has 0 aliphatic heterocycles. The number of benzene rings is 1. The normalized spacial score (nSPS) is 13.2. The van der Waals surface area contributed by atoms with Crippen molar-refractivity contribution in [3.8, 4) is 0 Å². The van der Waals surface area contributed by atoms with Gasteiger partial charge in [-0.3, -0.25) is 9.59 Å². The van der Waals surface area contributed by atoms with Gasteiger partial charge in [0.25, 0.3) is 0 Å². The molecule has 0 saturated heterocycles. The number of carbonyl (C=O) groups excluding carboxylic acids is 3. The molecule has 1 aromatic rings. The van der Waals surface area contributed by atoms with E-state index in [0.717, 1.165) is 30.4 Å². The molecule has 168 valence electrons. The van der Waals surface area contributed by atoms with Gasteiger partial charge >= 0.3 is 6.09 Å². The summed E-state index contributed by atoms with van der Waals surface area (Å²) in [6, 6.07) is 5.87. The van der Waals surface area contributed by atoms with Gasteiger partial charge in [0.1, 0.15) is 17.7 Å². The zero-order valence-corrected chi connectivity index (χ0v) is 19.4. The number of alkyl carbamates (subject to hydrolysis) is 1. The van der Waals surface area contributed by atoms with Crippen molar-refractivity contribution in [1.29, 1.82) is 0 Å². The molecule has 0 radical (unpaired) electrons. The van der Waals surface area contributed by atoms with Gasteiger partial charge in [0.15, 0.2) is 0 Å². The van der Waals surface area contributed by atoms with Gasteiger partial charge in [-0.25, -0.2) is 4.79 Å². The van der Waals surface area contributed by atoms with Crippen LogP contribution in [0, 0.1) is 6.92 Å². The minimum absolute atomic E-state index is 0.235. The van der Waals surface area contributed by atoms with Crippen molar-refractivity contribution < 1.29 is 19.1 Å². The summed E-state index contributed by atoms with van der Waals surface area (Å²) in [4.78, 5) is 39.5. The predicted molar refractivity (Wildman–Crippen MR) is 118 cm³/mol. The van der Waals surface area contributed by atoms with Gasteiger partial charge in [-0.2, -0.15) is 0 Å². The highest BCUT2D eigenvalue weighted by molar-refractivity contribution is 5.91. The highest BCUT2D eigenvalue weighted by atomic mass is 16.6. The minimum atomic E-state index is -0.843. The Morgan fingerprint density at radius 1 is 1.13 bits per heavy atom. The summed E-state index contributed by atoms with van der Waals surface area (Å²) in [6.45, 7) is 11.4. The molecule has 0 aliphatic carbocycles. The van der Waals surface area contributed by atoms with Crippen LogP contribution < -0.4 is 10.6 Å². The van der Waals surface area contributed by atoms with Gasteiger partial charge in [-0.15, -0.1) is 0 Å². The smallest absolute Gasteiger partial charge is 0.408 e. The van der Waals surface area contributed by atoms with Gasteiger partial charge in [-0.1, -0.05) is 44.0 Å². The Morgan fingerprint density at radius 2 is 1.77 bits per heavy atom. The number of unbranched alkanes of at least 4 members (excludes halogenated alkanes) is 2. The lowest BCUT2D eigenvalue weighted by molar-refractivity contribution is -0.140. The highest BCUT2D eigenvalue weighted by Crippen LogP contribution is 2.24. The molecule has 30 heavy (non-hydrogen) atoms. The van der Waals surface area contributed by atoms with Crippen LogP contribution in [-0.4, -0.2) is 48.0 Å². The molecule has 0 spiro atoms. The van der Waals surface area contributed by atoms with Crippen molar-refractivity contribution in [2.24, 2.45) is 0 Å². The Bertz CT molecular complexity index is 727. The Morgan fingerprint density at radius 3 is 2.33 bits per heavy atom. The van der Waals surface area contributed by atoms with Crippen molar-refractivity contribution in [2.45, 2.75) is 78.5 Å². The second-order valence-electron chi connectivity index (χ2n) is 8.57. The van der Waals surface area contributed by atoms with Crippen LogP contribution >= 0.6 is 0 Å². The van der Waals surface area contributed by atoms with Crippen LogP contribution in [0.5, 0.6) is 0 Å². The summed E-state index contributed by atoms with van der Waals surface area (Å²) in [6.07, 6.45) is 2.30. The molecular formula is C23H37N3O4. The molecule has 7 nitrogen and oxygen atoms in total. The van der Waals surface area contributed by atoms with Gasteiger partial charge in [-0.05, 0) is 52.2 Å². The second kappa shape index (κ2) is 11.6. The van der Waals surface area contributed by atoms with Crippen molar-refractivity contribution in [1.82, 2.24) is 15.5 Å². The van der Waals surface area contributed by atoms with Gasteiger partial charge in [0.05, 0.1) is 0 Å². The van der Waals surface area contributed by atoms with Crippen LogP contribution in [0.2, 0.25) is 0 Å². The summed E-state index contributed by atoms with van der Waals surface area (Å²) in [7, 11) is 1.58. The van der Waals surface area contributed by atoms with Crippen molar-refractivity contribution in [3.05, 3.63) is 35.4 Å². The lowest BCUT2D eigenvalue weighted by atomic mass is 9.98. The number of amides is 3. The lowest BCUT2D eigenvalue weighted by Crippen LogP contribution is -2.50. The number of hydrogen-bond acceptors (Lipinski definition) is 4. The zero-order chi connectivity index (χ0) is 22.9. The zero-order valence-electron chi connectivity index (χ0n) is 19.4. The topological polar surface area (TPSA) is 87.7 Å². The number of aryl methyl sites for hydroxylation is 1. The average molecular weight is 420 g/mol. The lowest BCUT2D eigenvalue weighted by Gasteiger charge is -2.31. The maximum absolute atomic E-state index is 13.0. The summed E-state index contributed by atoms with van der Waals surface area (Å²) in [5.41, 5.74) is 1.00. The fraction of sp³-hybridized carbons (Fsp3) is 0.609. The van der Waals surface area contributed by atoms with Crippen LogP contribution in [0.1, 0.15) is 71.0 Å². The first-order valence-electron chi connectivity index (χ1n) is 10.6. The van der Waals surface area contributed by atoms with Gasteiger partial charge < -0.3 is 20.3 Å². The van der Waals surface area contributed by atoms with E-state index in [-0.39, 0.29) is 11.8 Å². The monoisotopic (exact) mass is 419 g/mol. The number of nitrogens with one attached hydrogen (secondary N) is 2. The molecule has 3 amide bonds. The van der Waals surface area contributed by atoms with E-state index in [1.165, 1.54) is 4.90 Å². The van der Waals surface area contributed by atoms with E-state index in [1.54, 1.807) is 34.7 Å². The summed E-state index contributed by atoms with van der Waals surface area (Å²) in [5, 5.41) is 5.50. The standard InChI is InChI=1S/C23H37N3O4/c1-8-9-12-15-24-20(27)19(18-14-11-10-13-16(18)2)26(7)21(28)17(3)25-22(29)30-23(4,5)6/h10-11,13-14,17,19H,8-9,12,15H2,1-7H3,(H,24,27)(H,25,29). The molecular weight excluding hydrogens is 382 g/mol. The SMILES string of the molecule is CCCCCNC(=O)C(c1ccccc1C)N(C)C(=O)C(C)NC(=O)OC(C)(C)C. The molecule has 0 aliphatic rings. The third-order valence-corrected chi connectivity index (χ3v) is 4.65. The molecule has 0 fully saturated rings. The Balaban J connectivity index is 2.99. The first kappa shape index (κ1) is 25.5. The molecule has 7 heteroatoms. The van der Waals surface area contributed by atoms with Gasteiger partial charge in [0, 0.05) is 13.6 Å². The minimum Gasteiger partial charge on any atom is -0.444 e. The third kappa shape index (κ3) is 8.05. The first-order chi connectivity index (χ1) is 14.0. The van der Waals surface area contributed by atoms with E-state index in [2.05, 4.69) is 17.6 Å². The second-order valence-corrected chi connectivity index (χ2v) is 8.57. The first-order valence-corrected chi connectivity index (χ1v) is 10.6. The fourth-order valence-electron chi connectivity index (χ4n) is 3.08. The molecule has 1 rings (SSSR count). The van der Waals surface area contributed by atoms with Crippen molar-refractivity contribution in [2.75, 3.05) is 13.6 Å². The number of ether oxygens (including phenoxy) is 1. The number of rotatable bonds is 9. The molecule has 0 aromatic heterocycles. The van der Waals surface area contributed by atoms with Crippen LogP contribution in [0.4, 0.5) is 4.79 Å². The molecule has 0 heterocycles. The van der Waals surface area contributed by atoms with Crippen LogP contribution in [0.3, 0.4) is 0 Å². The van der Waals surface area contributed by atoms with Crippen LogP contribution in [-0.2, 0) is 14.3 Å². The van der Waals surface area contributed by atoms with E-state index in [1.807, 2.05) is 31.2 Å². The Labute approximate surface area is 180 Å². The largest absolute Gasteiger partial charge is 0.444 e. The molecule has 2 atom stereocenters. The predicted octanol–water partition coefficient (Wildman–Crippen LogP) is 3.71. The van der Waals surface area contributed by atoms with E-state index < -0.39 is 23.8 Å². The molecule has 2 N–H and O–H groups in total. The molecule has 1 aromatic carbocycles. The fourth-order valence-corrected chi connectivity index (χ4v) is 3.08. The molecule has 0 saturated carbocycles. The highest BCUT2D eigenvalue weighted by Gasteiger charge is 2.32. The summed E-state index contributed by atoms with van der Waals surface area (Å²) < 4.78 is 5.23. The average Bonchev–Trinajstić information content (AvgIpc) is 2.64. The van der Waals surface area contributed by atoms with E-state index in [0.29, 0.717) is 6.54 Å². The number of carbonyl (C=O) groups is 3. The molecule has 2 unspecified atom stereocenters. The number of nitrogens with zero attached hydrogens (tertiary/aromatic N) is 1. The van der Waals surface area contributed by atoms with Crippen LogP contribution in [0.25, 0.3) is 0 Å². The van der Waals surface area contributed by atoms with Crippen molar-refractivity contribution in [3.63, 3.8) is 0 Å². The Hall–Kier alpha value is -2.57. The summed E-state index contributed by atoms with van der Waals surface area (Å²) >= 11 is 0. The maximum Gasteiger partial charge on any atom is 0.408 e.